The van der Waals surface area contributed by atoms with Crippen LogP contribution in [0.3, 0.4) is 0 Å². The molecule has 0 atom stereocenters. The van der Waals surface area contributed by atoms with E-state index in [9.17, 15) is 9.59 Å². The van der Waals surface area contributed by atoms with Gasteiger partial charge in [0.2, 0.25) is 5.91 Å². The molecule has 0 aliphatic carbocycles. The number of ketones is 1. The first-order chi connectivity index (χ1) is 13.2. The highest BCUT2D eigenvalue weighted by Gasteiger charge is 2.05. The van der Waals surface area contributed by atoms with Crippen molar-refractivity contribution in [3.05, 3.63) is 0 Å². The first-order valence-electron chi connectivity index (χ1n) is 12.0. The lowest BCUT2D eigenvalue weighted by Gasteiger charge is -2.05. The van der Waals surface area contributed by atoms with Crippen molar-refractivity contribution >= 4 is 11.7 Å². The number of Topliss-reactive ketones (excluding diaryl/α,β-unsaturated/α-hetero) is 1. The normalized spacial score (nSPS) is 10.9. The first-order valence-corrected chi connectivity index (χ1v) is 12.0. The van der Waals surface area contributed by atoms with E-state index in [1.807, 2.05) is 0 Å². The summed E-state index contributed by atoms with van der Waals surface area (Å²) in [7, 11) is 0. The van der Waals surface area contributed by atoms with Crippen LogP contribution in [0.15, 0.2) is 0 Å². The molecule has 0 saturated heterocycles. The van der Waals surface area contributed by atoms with Crippen LogP contribution in [0.25, 0.3) is 0 Å². The number of unbranched alkanes of at least 4 members (excludes halogenated alkanes) is 13. The minimum Gasteiger partial charge on any atom is -0.356 e. The Hall–Kier alpha value is -0.860. The predicted molar refractivity (Wildman–Crippen MR) is 117 cm³/mol. The molecule has 0 aliphatic rings. The number of carbonyl (C=O) groups excluding carboxylic acids is 2. The fraction of sp³-hybridized carbons (Fsp3) is 0.917. The van der Waals surface area contributed by atoms with E-state index in [1.165, 1.54) is 83.5 Å². The minimum absolute atomic E-state index is 0.109. The topological polar surface area (TPSA) is 46.2 Å². The van der Waals surface area contributed by atoms with E-state index < -0.39 is 0 Å². The third-order valence-electron chi connectivity index (χ3n) is 5.27. The zero-order chi connectivity index (χ0) is 20.0. The Bertz CT molecular complexity index is 341. The molecular formula is C24H47NO2. The zero-order valence-electron chi connectivity index (χ0n) is 18.5. The predicted octanol–water partition coefficient (Wildman–Crippen LogP) is 7.12. The van der Waals surface area contributed by atoms with Crippen molar-refractivity contribution in [2.24, 2.45) is 0 Å². The van der Waals surface area contributed by atoms with Gasteiger partial charge in [-0.15, -0.1) is 0 Å². The molecule has 0 aliphatic heterocycles. The summed E-state index contributed by atoms with van der Waals surface area (Å²) in [6.07, 6.45) is 21.5. The quantitative estimate of drug-likeness (QED) is 0.215. The van der Waals surface area contributed by atoms with Crippen LogP contribution in [0.5, 0.6) is 0 Å². The van der Waals surface area contributed by atoms with E-state index in [-0.39, 0.29) is 5.91 Å². The average Bonchev–Trinajstić information content (AvgIpc) is 2.66. The zero-order valence-corrected chi connectivity index (χ0v) is 18.5. The Labute approximate surface area is 169 Å². The third kappa shape index (κ3) is 21.3. The van der Waals surface area contributed by atoms with Crippen molar-refractivity contribution in [3.8, 4) is 0 Å². The van der Waals surface area contributed by atoms with E-state index in [0.29, 0.717) is 31.5 Å². The van der Waals surface area contributed by atoms with Crippen molar-refractivity contribution in [1.82, 2.24) is 5.32 Å². The Morgan fingerprint density at radius 3 is 1.52 bits per heavy atom. The third-order valence-corrected chi connectivity index (χ3v) is 5.27. The smallest absolute Gasteiger partial charge is 0.220 e. The number of hydrogen-bond acceptors (Lipinski definition) is 2. The van der Waals surface area contributed by atoms with Crippen LogP contribution in [-0.4, -0.2) is 18.2 Å². The lowest BCUT2D eigenvalue weighted by Crippen LogP contribution is -2.24. The standard InChI is InChI=1S/C24H47NO2/c1-3-5-7-9-10-11-12-13-14-16-19-23(26)20-18-21-24(27)25-22-17-15-8-6-4-2/h3-22H2,1-2H3,(H,25,27). The molecule has 27 heavy (non-hydrogen) atoms. The van der Waals surface area contributed by atoms with Gasteiger partial charge in [-0.1, -0.05) is 97.3 Å². The van der Waals surface area contributed by atoms with Gasteiger partial charge in [0.25, 0.3) is 0 Å². The molecule has 3 nitrogen and oxygen atoms in total. The van der Waals surface area contributed by atoms with Crippen molar-refractivity contribution in [2.45, 2.75) is 136 Å². The van der Waals surface area contributed by atoms with Crippen LogP contribution >= 0.6 is 0 Å². The molecule has 160 valence electrons. The van der Waals surface area contributed by atoms with Gasteiger partial charge in [0.15, 0.2) is 0 Å². The van der Waals surface area contributed by atoms with E-state index in [0.717, 1.165) is 19.4 Å². The van der Waals surface area contributed by atoms with Crippen molar-refractivity contribution in [3.63, 3.8) is 0 Å². The lowest BCUT2D eigenvalue weighted by atomic mass is 10.0. The second kappa shape index (κ2) is 21.4. The molecule has 0 heterocycles. The van der Waals surface area contributed by atoms with Gasteiger partial charge < -0.3 is 5.32 Å². The highest BCUT2D eigenvalue weighted by Crippen LogP contribution is 2.12. The van der Waals surface area contributed by atoms with E-state index >= 15 is 0 Å². The number of amides is 1. The molecule has 0 spiro atoms. The van der Waals surface area contributed by atoms with E-state index in [4.69, 9.17) is 0 Å². The largest absolute Gasteiger partial charge is 0.356 e. The number of hydrogen-bond donors (Lipinski definition) is 1. The molecule has 0 rings (SSSR count). The van der Waals surface area contributed by atoms with Gasteiger partial charge in [0, 0.05) is 25.8 Å². The second-order valence-electron chi connectivity index (χ2n) is 8.09. The molecule has 0 fully saturated rings. The minimum atomic E-state index is 0.109. The Morgan fingerprint density at radius 2 is 0.963 bits per heavy atom. The Kier molecular flexibility index (Phi) is 20.8. The van der Waals surface area contributed by atoms with Crippen LogP contribution in [0.1, 0.15) is 136 Å². The summed E-state index contributed by atoms with van der Waals surface area (Å²) in [5.74, 6) is 0.444. The van der Waals surface area contributed by atoms with Gasteiger partial charge >= 0.3 is 0 Å². The number of nitrogens with one attached hydrogen (secondary N) is 1. The Balaban J connectivity index is 3.30. The molecule has 0 unspecified atom stereocenters. The molecular weight excluding hydrogens is 334 g/mol. The fourth-order valence-electron chi connectivity index (χ4n) is 3.43. The molecule has 0 bridgehead atoms. The van der Waals surface area contributed by atoms with Gasteiger partial charge in [-0.3, -0.25) is 9.59 Å². The molecule has 1 amide bonds. The summed E-state index contributed by atoms with van der Waals surface area (Å²) in [5, 5.41) is 2.97. The summed E-state index contributed by atoms with van der Waals surface area (Å²) in [5.41, 5.74) is 0. The molecule has 0 aromatic heterocycles. The van der Waals surface area contributed by atoms with Crippen LogP contribution in [0.2, 0.25) is 0 Å². The van der Waals surface area contributed by atoms with Crippen LogP contribution in [0, 0.1) is 0 Å². The Morgan fingerprint density at radius 1 is 0.519 bits per heavy atom. The second-order valence-corrected chi connectivity index (χ2v) is 8.09. The summed E-state index contributed by atoms with van der Waals surface area (Å²) in [4.78, 5) is 23.6. The van der Waals surface area contributed by atoms with Crippen LogP contribution in [0.4, 0.5) is 0 Å². The van der Waals surface area contributed by atoms with Crippen LogP contribution < -0.4 is 5.32 Å². The van der Waals surface area contributed by atoms with Crippen LogP contribution in [-0.2, 0) is 9.59 Å². The lowest BCUT2D eigenvalue weighted by molar-refractivity contribution is -0.121. The molecule has 0 radical (unpaired) electrons. The summed E-state index contributed by atoms with van der Waals surface area (Å²) in [6.45, 7) is 5.25. The average molecular weight is 382 g/mol. The SMILES string of the molecule is CCCCCCCCCCCCC(=O)CCCC(=O)NCCCCCCC. The maximum Gasteiger partial charge on any atom is 0.220 e. The van der Waals surface area contributed by atoms with Gasteiger partial charge in [-0.25, -0.2) is 0 Å². The monoisotopic (exact) mass is 381 g/mol. The highest BCUT2D eigenvalue weighted by molar-refractivity contribution is 5.80. The molecule has 3 heteroatoms. The first kappa shape index (κ1) is 26.1. The van der Waals surface area contributed by atoms with Crippen molar-refractivity contribution < 1.29 is 9.59 Å². The summed E-state index contributed by atoms with van der Waals surface area (Å²) in [6, 6.07) is 0. The van der Waals surface area contributed by atoms with Gasteiger partial charge in [0.05, 0.1) is 0 Å². The number of rotatable bonds is 21. The summed E-state index contributed by atoms with van der Waals surface area (Å²) >= 11 is 0. The van der Waals surface area contributed by atoms with Crippen molar-refractivity contribution in [1.29, 1.82) is 0 Å². The summed E-state index contributed by atoms with van der Waals surface area (Å²) < 4.78 is 0. The molecule has 0 aromatic carbocycles. The number of carbonyl (C=O) groups is 2. The van der Waals surface area contributed by atoms with E-state index in [2.05, 4.69) is 19.2 Å². The molecule has 0 aromatic rings. The van der Waals surface area contributed by atoms with Gasteiger partial charge in [0.1, 0.15) is 5.78 Å². The fourth-order valence-corrected chi connectivity index (χ4v) is 3.43. The van der Waals surface area contributed by atoms with Crippen molar-refractivity contribution in [2.75, 3.05) is 6.54 Å². The van der Waals surface area contributed by atoms with E-state index in [1.54, 1.807) is 0 Å². The van der Waals surface area contributed by atoms with Gasteiger partial charge in [-0.2, -0.15) is 0 Å². The maximum absolute atomic E-state index is 11.9. The van der Waals surface area contributed by atoms with Gasteiger partial charge in [-0.05, 0) is 19.3 Å². The molecule has 0 saturated carbocycles. The molecule has 1 N–H and O–H groups in total. The maximum atomic E-state index is 11.9. The highest BCUT2D eigenvalue weighted by atomic mass is 16.1.